The summed E-state index contributed by atoms with van der Waals surface area (Å²) in [7, 11) is 0. The number of carbonyl (C=O) groups excluding carboxylic acids is 1. The molecule has 0 aromatic carbocycles. The SMILES string of the molecule is CCCCCCCCCC/C=C\CCCCCCCCCC(=O)NC(CO)C(O)CCCCCCCCCCCCCCCCC. The van der Waals surface area contributed by atoms with Crippen molar-refractivity contribution in [3.05, 3.63) is 12.2 Å². The summed E-state index contributed by atoms with van der Waals surface area (Å²) in [5.41, 5.74) is 0. The van der Waals surface area contributed by atoms with Gasteiger partial charge in [0.15, 0.2) is 0 Å². The van der Waals surface area contributed by atoms with E-state index in [1.807, 2.05) is 0 Å². The number of allylic oxidation sites excluding steroid dienone is 2. The molecule has 274 valence electrons. The minimum Gasteiger partial charge on any atom is -0.394 e. The molecule has 0 heterocycles. The van der Waals surface area contributed by atoms with E-state index in [9.17, 15) is 15.0 Å². The molecule has 0 fully saturated rings. The molecule has 1 amide bonds. The predicted molar refractivity (Wildman–Crippen MR) is 202 cm³/mol. The molecule has 0 spiro atoms. The molecular formula is C42H83NO3. The average molecular weight is 650 g/mol. The van der Waals surface area contributed by atoms with E-state index in [1.165, 1.54) is 180 Å². The van der Waals surface area contributed by atoms with Gasteiger partial charge < -0.3 is 15.5 Å². The van der Waals surface area contributed by atoms with Crippen LogP contribution in [-0.4, -0.2) is 34.9 Å². The Morgan fingerprint density at radius 2 is 0.826 bits per heavy atom. The number of hydrogen-bond donors (Lipinski definition) is 3. The van der Waals surface area contributed by atoms with E-state index in [1.54, 1.807) is 0 Å². The minimum atomic E-state index is -0.657. The van der Waals surface area contributed by atoms with Gasteiger partial charge in [-0.2, -0.15) is 0 Å². The summed E-state index contributed by atoms with van der Waals surface area (Å²) in [6.45, 7) is 4.36. The van der Waals surface area contributed by atoms with E-state index in [2.05, 4.69) is 31.3 Å². The molecule has 3 N–H and O–H groups in total. The van der Waals surface area contributed by atoms with Crippen molar-refractivity contribution in [2.75, 3.05) is 6.61 Å². The second-order valence-electron chi connectivity index (χ2n) is 14.4. The first-order chi connectivity index (χ1) is 22.7. The first-order valence-corrected chi connectivity index (χ1v) is 20.9. The van der Waals surface area contributed by atoms with Gasteiger partial charge in [-0.1, -0.05) is 199 Å². The van der Waals surface area contributed by atoms with Crippen LogP contribution in [0.5, 0.6) is 0 Å². The zero-order valence-electron chi connectivity index (χ0n) is 31.4. The lowest BCUT2D eigenvalue weighted by atomic mass is 10.0. The topological polar surface area (TPSA) is 69.6 Å². The highest BCUT2D eigenvalue weighted by Gasteiger charge is 2.19. The Morgan fingerprint density at radius 3 is 1.20 bits per heavy atom. The molecule has 4 heteroatoms. The summed E-state index contributed by atoms with van der Waals surface area (Å²) in [6.07, 6.45) is 47.0. The zero-order valence-corrected chi connectivity index (χ0v) is 31.4. The van der Waals surface area contributed by atoms with Crippen molar-refractivity contribution in [2.45, 2.75) is 244 Å². The molecule has 0 aromatic heterocycles. The second kappa shape index (κ2) is 38.6. The maximum Gasteiger partial charge on any atom is 0.220 e. The van der Waals surface area contributed by atoms with E-state index in [-0.39, 0.29) is 12.5 Å². The Balaban J connectivity index is 3.52. The Morgan fingerprint density at radius 1 is 0.500 bits per heavy atom. The van der Waals surface area contributed by atoms with Crippen LogP contribution in [0.3, 0.4) is 0 Å². The van der Waals surface area contributed by atoms with Crippen molar-refractivity contribution in [3.8, 4) is 0 Å². The number of amides is 1. The monoisotopic (exact) mass is 650 g/mol. The van der Waals surface area contributed by atoms with Gasteiger partial charge in [0.05, 0.1) is 18.8 Å². The van der Waals surface area contributed by atoms with Crippen LogP contribution in [0.2, 0.25) is 0 Å². The lowest BCUT2D eigenvalue weighted by Crippen LogP contribution is -2.45. The maximum atomic E-state index is 12.4. The van der Waals surface area contributed by atoms with Gasteiger partial charge in [-0.3, -0.25) is 4.79 Å². The first kappa shape index (κ1) is 45.1. The Kier molecular flexibility index (Phi) is 37.8. The lowest BCUT2D eigenvalue weighted by molar-refractivity contribution is -0.123. The normalized spacial score (nSPS) is 13.0. The molecule has 0 aromatic rings. The van der Waals surface area contributed by atoms with Crippen LogP contribution in [0.4, 0.5) is 0 Å². The fourth-order valence-corrected chi connectivity index (χ4v) is 6.53. The highest BCUT2D eigenvalue weighted by molar-refractivity contribution is 5.76. The van der Waals surface area contributed by atoms with Gasteiger partial charge in [-0.05, 0) is 38.5 Å². The number of aliphatic hydroxyl groups is 2. The molecule has 2 unspecified atom stereocenters. The molecule has 46 heavy (non-hydrogen) atoms. The molecule has 4 nitrogen and oxygen atoms in total. The number of unbranched alkanes of at least 4 members (excludes halogenated alkanes) is 29. The van der Waals surface area contributed by atoms with Crippen LogP contribution in [-0.2, 0) is 4.79 Å². The largest absolute Gasteiger partial charge is 0.394 e. The highest BCUT2D eigenvalue weighted by Crippen LogP contribution is 2.16. The number of nitrogens with one attached hydrogen (secondary N) is 1. The molecule has 0 radical (unpaired) electrons. The van der Waals surface area contributed by atoms with E-state index < -0.39 is 12.1 Å². The second-order valence-corrected chi connectivity index (χ2v) is 14.4. The van der Waals surface area contributed by atoms with Gasteiger partial charge in [-0.25, -0.2) is 0 Å². The van der Waals surface area contributed by atoms with E-state index >= 15 is 0 Å². The third kappa shape index (κ3) is 34.5. The third-order valence-corrected chi connectivity index (χ3v) is 9.78. The van der Waals surface area contributed by atoms with Gasteiger partial charge in [0.25, 0.3) is 0 Å². The molecule has 0 aliphatic rings. The van der Waals surface area contributed by atoms with Gasteiger partial charge in [0.1, 0.15) is 0 Å². The Bertz CT molecular complexity index is 622. The van der Waals surface area contributed by atoms with Gasteiger partial charge in [-0.15, -0.1) is 0 Å². The summed E-state index contributed by atoms with van der Waals surface area (Å²) in [6, 6.07) is -0.534. The van der Waals surface area contributed by atoms with Crippen molar-refractivity contribution in [1.29, 1.82) is 0 Å². The fourth-order valence-electron chi connectivity index (χ4n) is 6.53. The summed E-state index contributed by atoms with van der Waals surface area (Å²) >= 11 is 0. The Labute approximate surface area is 288 Å². The molecule has 0 aliphatic heterocycles. The van der Waals surface area contributed by atoms with Crippen LogP contribution in [0.15, 0.2) is 12.2 Å². The minimum absolute atomic E-state index is 0.0339. The molecule has 0 bridgehead atoms. The van der Waals surface area contributed by atoms with Crippen molar-refractivity contribution >= 4 is 5.91 Å². The van der Waals surface area contributed by atoms with Gasteiger partial charge in [0, 0.05) is 6.42 Å². The van der Waals surface area contributed by atoms with E-state index in [4.69, 9.17) is 0 Å². The van der Waals surface area contributed by atoms with Crippen LogP contribution in [0, 0.1) is 0 Å². The molecular weight excluding hydrogens is 566 g/mol. The molecule has 0 saturated carbocycles. The number of aliphatic hydroxyl groups excluding tert-OH is 2. The van der Waals surface area contributed by atoms with Crippen LogP contribution in [0.1, 0.15) is 232 Å². The van der Waals surface area contributed by atoms with Crippen molar-refractivity contribution in [2.24, 2.45) is 0 Å². The summed E-state index contributed by atoms with van der Waals surface area (Å²) in [4.78, 5) is 12.4. The Hall–Kier alpha value is -0.870. The predicted octanol–water partition coefficient (Wildman–Crippen LogP) is 12.7. The van der Waals surface area contributed by atoms with Crippen molar-refractivity contribution in [3.63, 3.8) is 0 Å². The standard InChI is InChI=1S/C42H83NO3/c1-3-5-7-9-11-13-15-17-19-20-21-22-24-26-28-30-32-34-36-38-42(46)43-40(39-44)41(45)37-35-33-31-29-27-25-23-18-16-14-12-10-8-6-4-2/h20-21,40-41,44-45H,3-19,22-39H2,1-2H3,(H,43,46)/b21-20-. The first-order valence-electron chi connectivity index (χ1n) is 20.9. The molecule has 0 saturated heterocycles. The smallest absolute Gasteiger partial charge is 0.220 e. The van der Waals surface area contributed by atoms with E-state index in [0.29, 0.717) is 12.8 Å². The summed E-state index contributed by atoms with van der Waals surface area (Å²) in [5, 5.41) is 23.1. The van der Waals surface area contributed by atoms with Crippen molar-refractivity contribution in [1.82, 2.24) is 5.32 Å². The van der Waals surface area contributed by atoms with Crippen LogP contribution < -0.4 is 5.32 Å². The fraction of sp³-hybridized carbons (Fsp3) is 0.929. The number of rotatable bonds is 38. The molecule has 0 aliphatic carbocycles. The van der Waals surface area contributed by atoms with E-state index in [0.717, 1.165) is 25.7 Å². The van der Waals surface area contributed by atoms with Crippen LogP contribution >= 0.6 is 0 Å². The van der Waals surface area contributed by atoms with Gasteiger partial charge >= 0.3 is 0 Å². The average Bonchev–Trinajstić information content (AvgIpc) is 3.06. The van der Waals surface area contributed by atoms with Gasteiger partial charge in [0.2, 0.25) is 5.91 Å². The lowest BCUT2D eigenvalue weighted by Gasteiger charge is -2.22. The molecule has 2 atom stereocenters. The maximum absolute atomic E-state index is 12.4. The van der Waals surface area contributed by atoms with Crippen LogP contribution in [0.25, 0.3) is 0 Å². The molecule has 0 rings (SSSR count). The summed E-state index contributed by atoms with van der Waals surface area (Å²) in [5.74, 6) is -0.0339. The quantitative estimate of drug-likeness (QED) is 0.0460. The zero-order chi connectivity index (χ0) is 33.6. The third-order valence-electron chi connectivity index (χ3n) is 9.78. The highest BCUT2D eigenvalue weighted by atomic mass is 16.3. The summed E-state index contributed by atoms with van der Waals surface area (Å²) < 4.78 is 0. The number of carbonyl (C=O) groups is 1. The number of hydrogen-bond acceptors (Lipinski definition) is 3. The van der Waals surface area contributed by atoms with Crippen molar-refractivity contribution < 1.29 is 15.0 Å².